The number of esters is 1. The second-order valence-electron chi connectivity index (χ2n) is 6.44. The lowest BCUT2D eigenvalue weighted by atomic mass is 10.1. The van der Waals surface area contributed by atoms with E-state index in [1.165, 1.54) is 29.6 Å². The molecule has 1 aromatic heterocycles. The summed E-state index contributed by atoms with van der Waals surface area (Å²) in [5.74, 6) is -0.350. The largest absolute Gasteiger partial charge is 0.468 e. The Bertz CT molecular complexity index is 864. The predicted octanol–water partition coefficient (Wildman–Crippen LogP) is 2.60. The summed E-state index contributed by atoms with van der Waals surface area (Å²) in [5.41, 5.74) is 3.38. The molecule has 0 saturated carbocycles. The van der Waals surface area contributed by atoms with E-state index in [0.717, 1.165) is 5.69 Å². The SMILES string of the molecule is COC(=O)[C@@H]1C[C@@H](O)CN1Cn1nc(Nc2ccc(C)c(C)c2)sc1=S. The van der Waals surface area contributed by atoms with Crippen LogP contribution < -0.4 is 5.32 Å². The highest BCUT2D eigenvalue weighted by molar-refractivity contribution is 7.73. The van der Waals surface area contributed by atoms with Crippen molar-refractivity contribution in [2.45, 2.75) is 39.1 Å². The van der Waals surface area contributed by atoms with Crippen LogP contribution in [0.3, 0.4) is 0 Å². The maximum atomic E-state index is 11.9. The zero-order valence-corrected chi connectivity index (χ0v) is 16.6. The van der Waals surface area contributed by atoms with Crippen LogP contribution in [0, 0.1) is 17.8 Å². The van der Waals surface area contributed by atoms with Crippen LogP contribution in [0.2, 0.25) is 0 Å². The van der Waals surface area contributed by atoms with E-state index in [4.69, 9.17) is 17.0 Å². The number of methoxy groups -OCH3 is 1. The molecule has 7 nitrogen and oxygen atoms in total. The molecule has 140 valence electrons. The fraction of sp³-hybridized carbons (Fsp3) is 0.471. The van der Waals surface area contributed by atoms with Crippen molar-refractivity contribution in [2.75, 3.05) is 19.0 Å². The molecule has 1 aliphatic rings. The van der Waals surface area contributed by atoms with Gasteiger partial charge in [-0.1, -0.05) is 17.4 Å². The van der Waals surface area contributed by atoms with Crippen LogP contribution in [0.25, 0.3) is 0 Å². The number of benzene rings is 1. The van der Waals surface area contributed by atoms with Crippen LogP contribution in [0.15, 0.2) is 18.2 Å². The number of nitrogens with one attached hydrogen (secondary N) is 1. The Morgan fingerprint density at radius 2 is 2.23 bits per heavy atom. The highest BCUT2D eigenvalue weighted by atomic mass is 32.1. The number of aryl methyl sites for hydroxylation is 2. The highest BCUT2D eigenvalue weighted by Crippen LogP contribution is 2.24. The Kier molecular flexibility index (Phi) is 5.71. The second kappa shape index (κ2) is 7.83. The molecule has 0 radical (unpaired) electrons. The van der Waals surface area contributed by atoms with Gasteiger partial charge in [-0.2, -0.15) is 0 Å². The lowest BCUT2D eigenvalue weighted by molar-refractivity contribution is -0.146. The number of aliphatic hydroxyl groups excluding tert-OH is 1. The van der Waals surface area contributed by atoms with E-state index in [0.29, 0.717) is 28.7 Å². The molecule has 0 spiro atoms. The minimum atomic E-state index is -0.556. The van der Waals surface area contributed by atoms with Crippen molar-refractivity contribution in [3.05, 3.63) is 33.3 Å². The van der Waals surface area contributed by atoms with E-state index < -0.39 is 12.1 Å². The van der Waals surface area contributed by atoms with Crippen molar-refractivity contribution in [3.8, 4) is 0 Å². The maximum absolute atomic E-state index is 11.9. The number of aliphatic hydroxyl groups is 1. The summed E-state index contributed by atoms with van der Waals surface area (Å²) < 4.78 is 7.09. The first-order chi connectivity index (χ1) is 12.4. The lowest BCUT2D eigenvalue weighted by Crippen LogP contribution is -2.38. The maximum Gasteiger partial charge on any atom is 0.323 e. The Hall–Kier alpha value is -1.81. The van der Waals surface area contributed by atoms with Gasteiger partial charge in [0.1, 0.15) is 6.04 Å². The van der Waals surface area contributed by atoms with Crippen LogP contribution in [0.5, 0.6) is 0 Å². The molecular formula is C17H22N4O3S2. The first kappa shape index (κ1) is 19.0. The first-order valence-corrected chi connectivity index (χ1v) is 9.52. The van der Waals surface area contributed by atoms with Gasteiger partial charge in [-0.3, -0.25) is 9.69 Å². The van der Waals surface area contributed by atoms with Gasteiger partial charge in [0.25, 0.3) is 0 Å². The van der Waals surface area contributed by atoms with Gasteiger partial charge in [-0.15, -0.1) is 5.10 Å². The lowest BCUT2D eigenvalue weighted by Gasteiger charge is -2.21. The Labute approximate surface area is 161 Å². The molecular weight excluding hydrogens is 372 g/mol. The molecule has 9 heteroatoms. The van der Waals surface area contributed by atoms with Gasteiger partial charge in [0.15, 0.2) is 3.95 Å². The molecule has 2 heterocycles. The van der Waals surface area contributed by atoms with Crippen molar-refractivity contribution in [1.29, 1.82) is 0 Å². The molecule has 1 aromatic carbocycles. The minimum Gasteiger partial charge on any atom is -0.468 e. The first-order valence-electron chi connectivity index (χ1n) is 8.29. The Balaban J connectivity index is 1.74. The van der Waals surface area contributed by atoms with E-state index in [-0.39, 0.29) is 5.97 Å². The van der Waals surface area contributed by atoms with Gasteiger partial charge in [0.2, 0.25) is 5.13 Å². The molecule has 0 amide bonds. The molecule has 2 N–H and O–H groups in total. The average molecular weight is 395 g/mol. The summed E-state index contributed by atoms with van der Waals surface area (Å²) in [6.07, 6.45) is -0.197. The van der Waals surface area contributed by atoms with E-state index >= 15 is 0 Å². The van der Waals surface area contributed by atoms with Gasteiger partial charge < -0.3 is 15.2 Å². The highest BCUT2D eigenvalue weighted by Gasteiger charge is 2.37. The number of carbonyl (C=O) groups is 1. The number of rotatable bonds is 5. The Morgan fingerprint density at radius 1 is 1.46 bits per heavy atom. The minimum absolute atomic E-state index is 0.334. The molecule has 26 heavy (non-hydrogen) atoms. The van der Waals surface area contributed by atoms with Gasteiger partial charge in [0, 0.05) is 18.7 Å². The van der Waals surface area contributed by atoms with E-state index in [1.807, 2.05) is 11.0 Å². The van der Waals surface area contributed by atoms with Crippen molar-refractivity contribution in [1.82, 2.24) is 14.7 Å². The average Bonchev–Trinajstić information content (AvgIpc) is 3.13. The second-order valence-corrected chi connectivity index (χ2v) is 8.06. The van der Waals surface area contributed by atoms with Crippen LogP contribution in [-0.2, 0) is 16.2 Å². The van der Waals surface area contributed by atoms with E-state index in [9.17, 15) is 9.90 Å². The van der Waals surface area contributed by atoms with Crippen LogP contribution in [-0.4, -0.2) is 51.6 Å². The number of nitrogens with zero attached hydrogens (tertiary/aromatic N) is 3. The van der Waals surface area contributed by atoms with Crippen molar-refractivity contribution in [2.24, 2.45) is 0 Å². The Morgan fingerprint density at radius 3 is 2.92 bits per heavy atom. The zero-order chi connectivity index (χ0) is 18.8. The summed E-state index contributed by atoms with van der Waals surface area (Å²) in [4.78, 5) is 13.7. The topological polar surface area (TPSA) is 79.6 Å². The number of β-amino-alcohol motifs (C(OH)–C–C–N with tert-alkyl or cyclic N) is 1. The molecule has 1 aliphatic heterocycles. The summed E-state index contributed by atoms with van der Waals surface area (Å²) in [5, 5.41) is 18.4. The van der Waals surface area contributed by atoms with E-state index in [1.54, 1.807) is 4.68 Å². The fourth-order valence-electron chi connectivity index (χ4n) is 2.98. The third-order valence-electron chi connectivity index (χ3n) is 4.53. The molecule has 0 aliphatic carbocycles. The molecule has 0 unspecified atom stereocenters. The number of carbonyl (C=O) groups excluding carboxylic acids is 1. The molecule has 0 bridgehead atoms. The summed E-state index contributed by atoms with van der Waals surface area (Å²) in [6.45, 7) is 4.85. The van der Waals surface area contributed by atoms with E-state index in [2.05, 4.69) is 36.4 Å². The molecule has 2 atom stereocenters. The number of anilines is 2. The van der Waals surface area contributed by atoms with Crippen molar-refractivity contribution >= 4 is 40.3 Å². The standard InChI is InChI=1S/C17H22N4O3S2/c1-10-4-5-12(6-11(10)2)18-16-19-21(17(25)26-16)9-20-8-13(22)7-14(20)15(23)24-3/h4-6,13-14,22H,7-9H2,1-3H3,(H,18,19)/t13-,14+/m1/s1. The number of hydrogen-bond acceptors (Lipinski definition) is 8. The normalized spacial score (nSPS) is 20.3. The monoisotopic (exact) mass is 394 g/mol. The summed E-state index contributed by atoms with van der Waals surface area (Å²) in [7, 11) is 1.35. The number of ether oxygens (including phenoxy) is 1. The van der Waals surface area contributed by atoms with Crippen LogP contribution >= 0.6 is 23.6 Å². The molecule has 3 rings (SSSR count). The zero-order valence-electron chi connectivity index (χ0n) is 14.9. The number of likely N-dealkylation sites (tertiary alicyclic amines) is 1. The quantitative estimate of drug-likeness (QED) is 0.596. The number of hydrogen-bond donors (Lipinski definition) is 2. The van der Waals surface area contributed by atoms with Crippen LogP contribution in [0.1, 0.15) is 17.5 Å². The smallest absolute Gasteiger partial charge is 0.323 e. The van der Waals surface area contributed by atoms with Crippen molar-refractivity contribution < 1.29 is 14.6 Å². The van der Waals surface area contributed by atoms with Crippen molar-refractivity contribution in [3.63, 3.8) is 0 Å². The fourth-order valence-corrected chi connectivity index (χ4v) is 3.99. The van der Waals surface area contributed by atoms with Gasteiger partial charge in [0.05, 0.1) is 19.9 Å². The summed E-state index contributed by atoms with van der Waals surface area (Å²) >= 11 is 6.78. The third kappa shape index (κ3) is 4.12. The molecule has 1 fully saturated rings. The number of aromatic nitrogens is 2. The summed E-state index contributed by atoms with van der Waals surface area (Å²) in [6, 6.07) is 5.64. The van der Waals surface area contributed by atoms with Gasteiger partial charge >= 0.3 is 5.97 Å². The molecule has 2 aromatic rings. The van der Waals surface area contributed by atoms with Gasteiger partial charge in [-0.25, -0.2) is 4.68 Å². The van der Waals surface area contributed by atoms with Crippen LogP contribution in [0.4, 0.5) is 10.8 Å². The van der Waals surface area contributed by atoms with Gasteiger partial charge in [-0.05, 0) is 49.3 Å². The predicted molar refractivity (Wildman–Crippen MR) is 103 cm³/mol. The molecule has 1 saturated heterocycles. The third-order valence-corrected chi connectivity index (χ3v) is 5.76.